The number of nitrogens with zero attached hydrogens (tertiary/aromatic N) is 2. The standard InChI is InChI=1S/C18H29N3O2S/c1-16-4-6-18(7-5-16)8-13-24(22,23)19-14-17(2)15-21-11-9-20(3)10-12-21/h4-8,13,17,19H,9-12,14-15H2,1-3H3. The topological polar surface area (TPSA) is 52.7 Å². The minimum atomic E-state index is -3.39. The van der Waals surface area contributed by atoms with E-state index in [0.717, 1.165) is 43.9 Å². The van der Waals surface area contributed by atoms with Gasteiger partial charge >= 0.3 is 0 Å². The van der Waals surface area contributed by atoms with E-state index in [2.05, 4.69) is 28.5 Å². The van der Waals surface area contributed by atoms with Gasteiger partial charge in [-0.15, -0.1) is 0 Å². The van der Waals surface area contributed by atoms with Crippen molar-refractivity contribution in [2.75, 3.05) is 46.3 Å². The quantitative estimate of drug-likeness (QED) is 0.813. The van der Waals surface area contributed by atoms with Gasteiger partial charge in [0.2, 0.25) is 10.0 Å². The molecule has 0 aromatic heterocycles. The van der Waals surface area contributed by atoms with Gasteiger partial charge in [-0.2, -0.15) is 0 Å². The molecule has 1 heterocycles. The third kappa shape index (κ3) is 6.73. The summed E-state index contributed by atoms with van der Waals surface area (Å²) in [4.78, 5) is 4.72. The maximum Gasteiger partial charge on any atom is 0.233 e. The van der Waals surface area contributed by atoms with Crippen LogP contribution in [0, 0.1) is 12.8 Å². The Bertz CT molecular complexity index is 633. The molecule has 0 aliphatic carbocycles. The molecule has 1 N–H and O–H groups in total. The lowest BCUT2D eigenvalue weighted by atomic mass is 10.1. The van der Waals surface area contributed by atoms with Crippen molar-refractivity contribution >= 4 is 16.1 Å². The predicted molar refractivity (Wildman–Crippen MR) is 100 cm³/mol. The summed E-state index contributed by atoms with van der Waals surface area (Å²) in [5, 5.41) is 1.25. The van der Waals surface area contributed by atoms with Crippen molar-refractivity contribution in [1.82, 2.24) is 14.5 Å². The van der Waals surface area contributed by atoms with E-state index in [-0.39, 0.29) is 5.92 Å². The zero-order valence-corrected chi connectivity index (χ0v) is 15.7. The molecule has 1 aliphatic heterocycles. The highest BCUT2D eigenvalue weighted by Crippen LogP contribution is 2.07. The summed E-state index contributed by atoms with van der Waals surface area (Å²) >= 11 is 0. The molecule has 0 saturated carbocycles. The number of hydrogen-bond donors (Lipinski definition) is 1. The van der Waals surface area contributed by atoms with Crippen molar-refractivity contribution in [3.8, 4) is 0 Å². The van der Waals surface area contributed by atoms with E-state index in [0.29, 0.717) is 6.54 Å². The van der Waals surface area contributed by atoms with Crippen LogP contribution in [0.25, 0.3) is 6.08 Å². The molecule has 24 heavy (non-hydrogen) atoms. The Balaban J connectivity index is 1.78. The number of piperazine rings is 1. The van der Waals surface area contributed by atoms with Crippen LogP contribution in [0.5, 0.6) is 0 Å². The van der Waals surface area contributed by atoms with Crippen LogP contribution in [0.1, 0.15) is 18.1 Å². The minimum Gasteiger partial charge on any atom is -0.304 e. The van der Waals surface area contributed by atoms with Crippen LogP contribution in [0.2, 0.25) is 0 Å². The Morgan fingerprint density at radius 1 is 1.17 bits per heavy atom. The lowest BCUT2D eigenvalue weighted by Crippen LogP contribution is -2.46. The third-order valence-corrected chi connectivity index (χ3v) is 5.38. The first-order valence-electron chi connectivity index (χ1n) is 8.49. The van der Waals surface area contributed by atoms with E-state index >= 15 is 0 Å². The molecule has 2 rings (SSSR count). The zero-order chi connectivity index (χ0) is 17.6. The largest absolute Gasteiger partial charge is 0.304 e. The van der Waals surface area contributed by atoms with Crippen LogP contribution in [0.15, 0.2) is 29.7 Å². The molecule has 5 nitrogen and oxygen atoms in total. The molecule has 134 valence electrons. The Labute approximate surface area is 146 Å². The molecule has 0 spiro atoms. The van der Waals surface area contributed by atoms with Crippen LogP contribution in [0.3, 0.4) is 0 Å². The van der Waals surface area contributed by atoms with Gasteiger partial charge in [-0.25, -0.2) is 13.1 Å². The number of aryl methyl sites for hydroxylation is 1. The van der Waals surface area contributed by atoms with E-state index in [1.54, 1.807) is 6.08 Å². The van der Waals surface area contributed by atoms with E-state index in [4.69, 9.17) is 0 Å². The lowest BCUT2D eigenvalue weighted by Gasteiger charge is -2.33. The lowest BCUT2D eigenvalue weighted by molar-refractivity contribution is 0.139. The number of likely N-dealkylation sites (N-methyl/N-ethyl adjacent to an activating group) is 1. The maximum atomic E-state index is 12.1. The van der Waals surface area contributed by atoms with Crippen molar-refractivity contribution in [2.45, 2.75) is 13.8 Å². The smallest absolute Gasteiger partial charge is 0.233 e. The van der Waals surface area contributed by atoms with E-state index < -0.39 is 10.0 Å². The molecular weight excluding hydrogens is 322 g/mol. The second-order valence-electron chi connectivity index (χ2n) is 6.82. The first-order chi connectivity index (χ1) is 11.3. The van der Waals surface area contributed by atoms with Gasteiger partial charge in [0.15, 0.2) is 0 Å². The molecule has 1 atom stereocenters. The summed E-state index contributed by atoms with van der Waals surface area (Å²) in [7, 11) is -1.26. The van der Waals surface area contributed by atoms with Gasteiger partial charge in [0.25, 0.3) is 0 Å². The van der Waals surface area contributed by atoms with Gasteiger partial charge < -0.3 is 9.80 Å². The van der Waals surface area contributed by atoms with Crippen molar-refractivity contribution in [3.63, 3.8) is 0 Å². The fourth-order valence-corrected chi connectivity index (χ4v) is 3.64. The predicted octanol–water partition coefficient (Wildman–Crippen LogP) is 1.77. The van der Waals surface area contributed by atoms with Crippen molar-refractivity contribution < 1.29 is 8.42 Å². The SMILES string of the molecule is Cc1ccc(C=CS(=O)(=O)NCC(C)CN2CCN(C)CC2)cc1. The third-order valence-electron chi connectivity index (χ3n) is 4.32. The van der Waals surface area contributed by atoms with Gasteiger partial charge in [0, 0.05) is 44.7 Å². The summed E-state index contributed by atoms with van der Waals surface area (Å²) in [6.07, 6.45) is 1.63. The fraction of sp³-hybridized carbons (Fsp3) is 0.556. The van der Waals surface area contributed by atoms with E-state index in [1.807, 2.05) is 31.2 Å². The molecular formula is C18H29N3O2S. The summed E-state index contributed by atoms with van der Waals surface area (Å²) in [6.45, 7) is 9.76. The summed E-state index contributed by atoms with van der Waals surface area (Å²) in [5.74, 6) is 0.288. The second kappa shape index (κ2) is 8.76. The van der Waals surface area contributed by atoms with Gasteiger partial charge in [-0.1, -0.05) is 36.8 Å². The first kappa shape index (κ1) is 19.1. The van der Waals surface area contributed by atoms with Gasteiger partial charge in [-0.3, -0.25) is 0 Å². The van der Waals surface area contributed by atoms with E-state index in [9.17, 15) is 8.42 Å². The zero-order valence-electron chi connectivity index (χ0n) is 14.9. The monoisotopic (exact) mass is 351 g/mol. The Morgan fingerprint density at radius 3 is 2.42 bits per heavy atom. The van der Waals surface area contributed by atoms with Crippen molar-refractivity contribution in [3.05, 3.63) is 40.8 Å². The molecule has 1 fully saturated rings. The highest BCUT2D eigenvalue weighted by Gasteiger charge is 2.17. The molecule has 0 radical (unpaired) electrons. The molecule has 0 bridgehead atoms. The second-order valence-corrected chi connectivity index (χ2v) is 8.47. The average molecular weight is 352 g/mol. The summed E-state index contributed by atoms with van der Waals surface area (Å²) < 4.78 is 26.9. The molecule has 1 aromatic rings. The van der Waals surface area contributed by atoms with Crippen LogP contribution >= 0.6 is 0 Å². The number of rotatable bonds is 7. The fourth-order valence-electron chi connectivity index (χ4n) is 2.69. The van der Waals surface area contributed by atoms with Crippen LogP contribution in [-0.4, -0.2) is 64.5 Å². The van der Waals surface area contributed by atoms with Gasteiger partial charge in [0.1, 0.15) is 0 Å². The maximum absolute atomic E-state index is 12.1. The molecule has 1 aliphatic rings. The number of sulfonamides is 1. The number of hydrogen-bond acceptors (Lipinski definition) is 4. The molecule has 6 heteroatoms. The van der Waals surface area contributed by atoms with Gasteiger partial charge in [-0.05, 0) is 31.5 Å². The number of benzene rings is 1. The van der Waals surface area contributed by atoms with Crippen LogP contribution in [0.4, 0.5) is 0 Å². The average Bonchev–Trinajstić information content (AvgIpc) is 2.55. The van der Waals surface area contributed by atoms with E-state index in [1.165, 1.54) is 5.41 Å². The highest BCUT2D eigenvalue weighted by atomic mass is 32.2. The Morgan fingerprint density at radius 2 is 1.79 bits per heavy atom. The summed E-state index contributed by atoms with van der Waals surface area (Å²) in [6, 6.07) is 7.77. The van der Waals surface area contributed by atoms with Crippen molar-refractivity contribution in [2.24, 2.45) is 5.92 Å². The molecule has 0 amide bonds. The van der Waals surface area contributed by atoms with Crippen molar-refractivity contribution in [1.29, 1.82) is 0 Å². The normalized spacial score (nSPS) is 19.0. The minimum absolute atomic E-state index is 0.288. The molecule has 1 aromatic carbocycles. The first-order valence-corrected chi connectivity index (χ1v) is 10.0. The van der Waals surface area contributed by atoms with Crippen LogP contribution in [-0.2, 0) is 10.0 Å². The van der Waals surface area contributed by atoms with Gasteiger partial charge in [0.05, 0.1) is 0 Å². The highest BCUT2D eigenvalue weighted by molar-refractivity contribution is 7.92. The Kier molecular flexibility index (Phi) is 6.98. The molecule has 1 unspecified atom stereocenters. The van der Waals surface area contributed by atoms with Crippen LogP contribution < -0.4 is 4.72 Å². The number of nitrogens with one attached hydrogen (secondary N) is 1. The summed E-state index contributed by atoms with van der Waals surface area (Å²) in [5.41, 5.74) is 2.04. The molecule has 1 saturated heterocycles. The Hall–Kier alpha value is -1.21.